The average Bonchev–Trinajstić information content (AvgIpc) is 1.77. The molecule has 0 spiro atoms. The fourth-order valence-electron chi connectivity index (χ4n) is 0.273. The number of ketones is 1. The molecule has 1 fully saturated rings. The summed E-state index contributed by atoms with van der Waals surface area (Å²) in [5, 5.41) is 0. The summed E-state index contributed by atoms with van der Waals surface area (Å²) in [6.45, 7) is -0.230. The second-order valence-corrected chi connectivity index (χ2v) is 2.02. The van der Waals surface area contributed by atoms with Gasteiger partial charge in [0.15, 0.2) is 0 Å². The highest BCUT2D eigenvalue weighted by molar-refractivity contribution is 7.57. The van der Waals surface area contributed by atoms with Gasteiger partial charge in [0.25, 0.3) is 0 Å². The Morgan fingerprint density at radius 1 is 1.50 bits per heavy atom. The lowest BCUT2D eigenvalue weighted by Gasteiger charge is -2.05. The van der Waals surface area contributed by atoms with Crippen LogP contribution in [0.3, 0.4) is 0 Å². The molecule has 0 N–H and O–H groups in total. The Labute approximate surface area is 46.9 Å². The third-order valence-corrected chi connectivity index (χ3v) is 1.30. The van der Waals surface area contributed by atoms with E-state index >= 15 is 0 Å². The van der Waals surface area contributed by atoms with Gasteiger partial charge in [-0.1, -0.05) is 0 Å². The lowest BCUT2D eigenvalue weighted by Crippen LogP contribution is -2.20. The van der Waals surface area contributed by atoms with Crippen LogP contribution in [0, 0.1) is 0 Å². The lowest BCUT2D eigenvalue weighted by atomic mass is 10.5. The van der Waals surface area contributed by atoms with Crippen molar-refractivity contribution in [3.8, 4) is 0 Å². The van der Waals surface area contributed by atoms with Gasteiger partial charge in [-0.3, -0.25) is 9.59 Å². The van der Waals surface area contributed by atoms with E-state index in [4.69, 9.17) is 0 Å². The smallest absolute Gasteiger partial charge is 0.249 e. The molecule has 4 nitrogen and oxygen atoms in total. The molecule has 0 radical (unpaired) electrons. The average molecular weight is 134 g/mol. The largest absolute Gasteiger partial charge is 0.288 e. The van der Waals surface area contributed by atoms with Crippen molar-refractivity contribution in [2.24, 2.45) is 0 Å². The molecule has 1 saturated heterocycles. The van der Waals surface area contributed by atoms with Crippen molar-refractivity contribution in [2.75, 3.05) is 6.61 Å². The van der Waals surface area contributed by atoms with Crippen molar-refractivity contribution in [1.82, 2.24) is 0 Å². The summed E-state index contributed by atoms with van der Waals surface area (Å²) in [5.41, 5.74) is -0.490. The molecule has 0 bridgehead atoms. The van der Waals surface area contributed by atoms with Crippen LogP contribution in [0.1, 0.15) is 0 Å². The van der Waals surface area contributed by atoms with E-state index < -0.39 is 20.1 Å². The molecule has 1 atom stereocenters. The third kappa shape index (κ3) is 1.10. The molecule has 44 valence electrons. The van der Waals surface area contributed by atoms with Crippen LogP contribution in [0.4, 0.5) is 0 Å². The van der Waals surface area contributed by atoms with Gasteiger partial charge >= 0.3 is 0 Å². The quantitative estimate of drug-likeness (QED) is 0.258. The Kier molecular flexibility index (Phi) is 1.68. The molecule has 0 aromatic carbocycles. The first-order valence-corrected chi connectivity index (χ1v) is 2.83. The van der Waals surface area contributed by atoms with Crippen LogP contribution >= 0.6 is 8.81 Å². The molecule has 1 rings (SSSR count). The summed E-state index contributed by atoms with van der Waals surface area (Å²) in [6, 6.07) is 0. The summed E-state index contributed by atoms with van der Waals surface area (Å²) < 4.78 is 4.21. The van der Waals surface area contributed by atoms with E-state index in [1.54, 1.807) is 0 Å². The molecule has 0 aromatic rings. The minimum atomic E-state index is -0.505. The van der Waals surface area contributed by atoms with Crippen LogP contribution in [-0.2, 0) is 19.2 Å². The topological polar surface area (TPSA) is 52.6 Å². The van der Waals surface area contributed by atoms with Gasteiger partial charge in [-0.15, -0.1) is 0 Å². The zero-order valence-corrected chi connectivity index (χ0v) is 4.84. The van der Waals surface area contributed by atoms with Crippen LogP contribution in [0.25, 0.3) is 0 Å². The summed E-state index contributed by atoms with van der Waals surface area (Å²) in [4.78, 5) is 24.7. The first kappa shape index (κ1) is 5.82. The maximum absolute atomic E-state index is 10.3. The maximum atomic E-state index is 10.3. The Balaban J connectivity index is 2.52. The highest BCUT2D eigenvalue weighted by Crippen LogP contribution is 2.18. The maximum Gasteiger partial charge on any atom is 0.249 e. The van der Waals surface area contributed by atoms with Gasteiger partial charge in [0, 0.05) is 0 Å². The molecule has 5 heteroatoms. The van der Waals surface area contributed by atoms with E-state index in [9.17, 15) is 9.59 Å². The predicted octanol–water partition coefficient (Wildman–Crippen LogP) is -0.363. The van der Waals surface area contributed by atoms with Gasteiger partial charge in [-0.05, 0) is 0 Å². The van der Waals surface area contributed by atoms with Crippen LogP contribution in [-0.4, -0.2) is 17.9 Å². The van der Waals surface area contributed by atoms with E-state index in [-0.39, 0.29) is 6.61 Å². The molecular weight excluding hydrogens is 131 g/mol. The molecule has 1 aliphatic rings. The van der Waals surface area contributed by atoms with Crippen LogP contribution in [0.2, 0.25) is 0 Å². The second kappa shape index (κ2) is 2.31. The molecule has 1 unspecified atom stereocenters. The summed E-state index contributed by atoms with van der Waals surface area (Å²) in [6.07, 6.45) is 0. The molecule has 0 amide bonds. The minimum Gasteiger partial charge on any atom is -0.288 e. The van der Waals surface area contributed by atoms with Gasteiger partial charge in [-0.2, -0.15) is 0 Å². The van der Waals surface area contributed by atoms with Gasteiger partial charge in [0.1, 0.15) is 15.4 Å². The highest BCUT2D eigenvalue weighted by atomic mass is 31.1. The Morgan fingerprint density at radius 2 is 2.25 bits per heavy atom. The van der Waals surface area contributed by atoms with Crippen molar-refractivity contribution in [3.05, 3.63) is 0 Å². The Morgan fingerprint density at radius 3 is 2.62 bits per heavy atom. The number of carbonyl (C=O) groups excluding carboxylic acids is 2. The number of rotatable bonds is 0. The van der Waals surface area contributed by atoms with Gasteiger partial charge in [0.05, 0.1) is 0 Å². The van der Waals surface area contributed by atoms with Gasteiger partial charge in [-0.25, -0.2) is 9.56 Å². The molecule has 0 aromatic heterocycles. The Bertz CT molecular complexity index is 115. The zero-order valence-electron chi connectivity index (χ0n) is 3.84. The standard InChI is InChI=1S/C3H3O4P/c4-2-1-6-7-8-3(2)5/h8H,1H2. The van der Waals surface area contributed by atoms with E-state index in [0.29, 0.717) is 0 Å². The summed E-state index contributed by atoms with van der Waals surface area (Å²) in [5.74, 6) is -0.505. The van der Waals surface area contributed by atoms with Crippen molar-refractivity contribution in [2.45, 2.75) is 0 Å². The van der Waals surface area contributed by atoms with Gasteiger partial charge in [0.2, 0.25) is 11.3 Å². The summed E-state index contributed by atoms with van der Waals surface area (Å²) >= 11 is 0. The molecule has 1 aliphatic heterocycles. The van der Waals surface area contributed by atoms with Crippen molar-refractivity contribution in [1.29, 1.82) is 0 Å². The monoisotopic (exact) mass is 134 g/mol. The normalized spacial score (nSPS) is 24.5. The molecule has 0 saturated carbocycles. The number of carbonyl (C=O) groups is 2. The minimum absolute atomic E-state index is 0.230. The number of Topliss-reactive ketones (excluding diaryl/α,β-unsaturated/α-hetero) is 1. The third-order valence-electron chi connectivity index (χ3n) is 0.637. The first-order valence-electron chi connectivity index (χ1n) is 1.92. The number of hydrogen-bond donors (Lipinski definition) is 0. The summed E-state index contributed by atoms with van der Waals surface area (Å²) in [7, 11) is -0.455. The van der Waals surface area contributed by atoms with Crippen molar-refractivity contribution in [3.63, 3.8) is 0 Å². The lowest BCUT2D eigenvalue weighted by molar-refractivity contribution is -0.203. The van der Waals surface area contributed by atoms with Crippen molar-refractivity contribution < 1.29 is 19.2 Å². The SMILES string of the molecule is O=C1COOPC1=O. The second-order valence-electron chi connectivity index (χ2n) is 1.20. The predicted molar refractivity (Wildman–Crippen MR) is 25.4 cm³/mol. The fourth-order valence-corrected chi connectivity index (χ4v) is 0.652. The van der Waals surface area contributed by atoms with E-state index in [2.05, 4.69) is 9.56 Å². The van der Waals surface area contributed by atoms with Crippen LogP contribution in [0.5, 0.6) is 0 Å². The van der Waals surface area contributed by atoms with Crippen LogP contribution < -0.4 is 0 Å². The molecule has 1 heterocycles. The highest BCUT2D eigenvalue weighted by Gasteiger charge is 2.19. The molecular formula is C3H3O4P. The number of hydrogen-bond acceptors (Lipinski definition) is 4. The Hall–Kier alpha value is -0.310. The fraction of sp³-hybridized carbons (Fsp3) is 0.333. The van der Waals surface area contributed by atoms with E-state index in [0.717, 1.165) is 0 Å². The zero-order chi connectivity index (χ0) is 5.98. The first-order chi connectivity index (χ1) is 3.80. The van der Waals surface area contributed by atoms with E-state index in [1.165, 1.54) is 0 Å². The molecule has 0 aliphatic carbocycles. The van der Waals surface area contributed by atoms with Crippen molar-refractivity contribution >= 4 is 20.1 Å². The van der Waals surface area contributed by atoms with E-state index in [1.807, 2.05) is 0 Å². The molecule has 8 heavy (non-hydrogen) atoms. The van der Waals surface area contributed by atoms with Gasteiger partial charge < -0.3 is 0 Å². The van der Waals surface area contributed by atoms with Crippen LogP contribution in [0.15, 0.2) is 0 Å².